The molecular weight excluding hydrogens is 861 g/mol. The monoisotopic (exact) mass is 906 g/mol. The first kappa shape index (κ1) is 40.8. The van der Waals surface area contributed by atoms with E-state index in [0.29, 0.717) is 0 Å². The first-order valence-electron chi connectivity index (χ1n) is 24.6. The van der Waals surface area contributed by atoms with E-state index in [-0.39, 0.29) is 0 Å². The molecule has 1 aliphatic carbocycles. The number of hydrogen-bond donors (Lipinski definition) is 0. The molecule has 13 aromatic rings. The fourth-order valence-electron chi connectivity index (χ4n) is 11.4. The van der Waals surface area contributed by atoms with Gasteiger partial charge in [0, 0.05) is 49.8 Å². The third kappa shape index (κ3) is 6.81. The predicted molar refractivity (Wildman–Crippen MR) is 299 cm³/mol. The van der Waals surface area contributed by atoms with Crippen molar-refractivity contribution in [1.82, 2.24) is 4.57 Å². The van der Waals surface area contributed by atoms with Gasteiger partial charge in [0.2, 0.25) is 0 Å². The van der Waals surface area contributed by atoms with Crippen LogP contribution in [-0.2, 0) is 6.42 Å². The molecule has 3 nitrogen and oxygen atoms in total. The molecule has 1 aliphatic rings. The molecule has 0 atom stereocenters. The number of allylic oxidation sites excluding steroid dienone is 1. The Morgan fingerprint density at radius 2 is 0.972 bits per heavy atom. The zero-order valence-electron chi connectivity index (χ0n) is 39.0. The summed E-state index contributed by atoms with van der Waals surface area (Å²) in [7, 11) is 0. The van der Waals surface area contributed by atoms with Crippen molar-refractivity contribution in [3.8, 4) is 50.2 Å². The van der Waals surface area contributed by atoms with Crippen LogP contribution in [0.2, 0.25) is 0 Å². The van der Waals surface area contributed by atoms with Crippen molar-refractivity contribution in [2.24, 2.45) is 0 Å². The van der Waals surface area contributed by atoms with Gasteiger partial charge in [0.05, 0.1) is 22.4 Å². The maximum atomic E-state index is 6.64. The second-order valence-electron chi connectivity index (χ2n) is 18.7. The number of aryl methyl sites for hydroxylation is 1. The molecule has 0 unspecified atom stereocenters. The summed E-state index contributed by atoms with van der Waals surface area (Å²) in [5, 5.41) is 8.68. The van der Waals surface area contributed by atoms with E-state index in [1.807, 2.05) is 0 Å². The summed E-state index contributed by atoms with van der Waals surface area (Å²) in [6, 6.07) is 88.7. The summed E-state index contributed by atoms with van der Waals surface area (Å²) in [5.74, 6) is 0.979. The number of fused-ring (bicyclic) bond motifs is 9. The molecule has 71 heavy (non-hydrogen) atoms. The zero-order valence-corrected chi connectivity index (χ0v) is 39.0. The Labute approximate surface area is 412 Å². The predicted octanol–water partition coefficient (Wildman–Crippen LogP) is 18.9. The Bertz CT molecular complexity index is 4170. The van der Waals surface area contributed by atoms with Crippen LogP contribution in [0.4, 0.5) is 17.1 Å². The third-order valence-electron chi connectivity index (χ3n) is 14.7. The summed E-state index contributed by atoms with van der Waals surface area (Å²) >= 11 is 0. The van der Waals surface area contributed by atoms with Crippen molar-refractivity contribution in [2.75, 3.05) is 4.90 Å². The molecule has 0 amide bonds. The van der Waals surface area contributed by atoms with Gasteiger partial charge in [0.25, 0.3) is 0 Å². The molecule has 0 spiro atoms. The minimum absolute atomic E-state index is 0.946. The molecule has 0 radical (unpaired) electrons. The van der Waals surface area contributed by atoms with Crippen LogP contribution in [0.5, 0.6) is 0 Å². The lowest BCUT2D eigenvalue weighted by molar-refractivity contribution is 0.596. The van der Waals surface area contributed by atoms with E-state index in [1.54, 1.807) is 0 Å². The molecule has 0 saturated heterocycles. The maximum absolute atomic E-state index is 6.64. The Morgan fingerprint density at radius 3 is 1.76 bits per heavy atom. The highest BCUT2D eigenvalue weighted by molar-refractivity contribution is 6.15. The van der Waals surface area contributed by atoms with Crippen molar-refractivity contribution >= 4 is 77.5 Å². The molecule has 334 valence electrons. The summed E-state index contributed by atoms with van der Waals surface area (Å²) < 4.78 is 9.05. The number of rotatable bonds is 8. The van der Waals surface area contributed by atoms with Crippen LogP contribution in [0.1, 0.15) is 17.7 Å². The van der Waals surface area contributed by atoms with Crippen LogP contribution in [-0.4, -0.2) is 4.57 Å². The van der Waals surface area contributed by atoms with E-state index >= 15 is 0 Å². The van der Waals surface area contributed by atoms with Crippen LogP contribution in [0, 0.1) is 0 Å². The van der Waals surface area contributed by atoms with Gasteiger partial charge < -0.3 is 13.9 Å². The first-order valence-corrected chi connectivity index (χ1v) is 24.6. The lowest BCUT2D eigenvalue weighted by Gasteiger charge is -2.29. The van der Waals surface area contributed by atoms with Crippen LogP contribution >= 0.6 is 0 Å². The molecule has 14 rings (SSSR count). The van der Waals surface area contributed by atoms with Crippen LogP contribution < -0.4 is 4.90 Å². The van der Waals surface area contributed by atoms with Crippen molar-refractivity contribution in [3.05, 3.63) is 260 Å². The number of furan rings is 1. The van der Waals surface area contributed by atoms with Crippen LogP contribution in [0.3, 0.4) is 0 Å². The molecule has 0 aliphatic heterocycles. The van der Waals surface area contributed by atoms with E-state index in [0.717, 1.165) is 69.1 Å². The third-order valence-corrected chi connectivity index (χ3v) is 14.7. The summed E-state index contributed by atoms with van der Waals surface area (Å²) in [6.45, 7) is 0. The highest BCUT2D eigenvalue weighted by Crippen LogP contribution is 2.46. The van der Waals surface area contributed by atoms with E-state index < -0.39 is 0 Å². The van der Waals surface area contributed by atoms with E-state index in [1.165, 1.54) is 76.7 Å². The SMILES string of the molecule is C1=Cc2oc3c(-c4cccc(N(c5ccc(-c6ccc(-c7ccccc7-n7c8ccccc8c8ccccc87)cc6)cc5)c5ccccc5-c5cc6ccccc6c6ccccc56)c4)cccc3c2CC1. The van der Waals surface area contributed by atoms with E-state index in [4.69, 9.17) is 4.42 Å². The Hall–Kier alpha value is -9.18. The molecule has 3 heteroatoms. The largest absolute Gasteiger partial charge is 0.456 e. The van der Waals surface area contributed by atoms with E-state index in [2.05, 4.69) is 264 Å². The molecular formula is C68H46N2O. The van der Waals surface area contributed by atoms with Gasteiger partial charge in [-0.15, -0.1) is 0 Å². The van der Waals surface area contributed by atoms with Crippen LogP contribution in [0.25, 0.3) is 111 Å². The number of nitrogens with zero attached hydrogens (tertiary/aromatic N) is 2. The zero-order chi connectivity index (χ0) is 46.8. The number of para-hydroxylation sites is 5. The molecule has 0 N–H and O–H groups in total. The summed E-state index contributed by atoms with van der Waals surface area (Å²) in [6.07, 6.45) is 6.38. The van der Waals surface area contributed by atoms with Gasteiger partial charge in [-0.3, -0.25) is 0 Å². The standard InChI is InChI=1S/C68H46N2O/c1-2-20-52-49(17-1)44-62(56-23-4-3-22-55(52)56)59-26-8-11-31-64(59)69(51-19-15-18-48(43-51)54-28-16-29-61-60-27-9-14-34-67(60)71-68(54)61)50-41-39-46(40-42-50)45-35-37-47(38-36-45)53-21-5-10-30-63(53)70-65-32-12-6-24-57(65)58-25-7-13-33-66(58)70/h1-8,10-26,28-44H,9,27H2. The lowest BCUT2D eigenvalue weighted by atomic mass is 9.92. The molecule has 0 bridgehead atoms. The molecule has 0 fully saturated rings. The highest BCUT2D eigenvalue weighted by Gasteiger charge is 2.22. The summed E-state index contributed by atoms with van der Waals surface area (Å²) in [5.41, 5.74) is 18.3. The van der Waals surface area contributed by atoms with Gasteiger partial charge in [0.15, 0.2) is 0 Å². The summed E-state index contributed by atoms with van der Waals surface area (Å²) in [4.78, 5) is 2.43. The smallest absolute Gasteiger partial charge is 0.142 e. The van der Waals surface area contributed by atoms with Crippen molar-refractivity contribution < 1.29 is 4.42 Å². The number of benzene rings is 11. The molecule has 2 aromatic heterocycles. The van der Waals surface area contributed by atoms with Gasteiger partial charge in [-0.05, 0) is 123 Å². The number of anilines is 3. The number of aromatic nitrogens is 1. The van der Waals surface area contributed by atoms with Crippen LogP contribution in [0.15, 0.2) is 253 Å². The van der Waals surface area contributed by atoms with Gasteiger partial charge >= 0.3 is 0 Å². The Morgan fingerprint density at radius 1 is 0.380 bits per heavy atom. The average molecular weight is 907 g/mol. The van der Waals surface area contributed by atoms with Crippen molar-refractivity contribution in [1.29, 1.82) is 0 Å². The van der Waals surface area contributed by atoms with E-state index in [9.17, 15) is 0 Å². The topological polar surface area (TPSA) is 21.3 Å². The fraction of sp³-hybridized carbons (Fsp3) is 0.0294. The first-order chi connectivity index (χ1) is 35.2. The highest BCUT2D eigenvalue weighted by atomic mass is 16.3. The molecule has 11 aromatic carbocycles. The van der Waals surface area contributed by atoms with Gasteiger partial charge in [-0.2, -0.15) is 0 Å². The number of hydrogen-bond acceptors (Lipinski definition) is 2. The maximum Gasteiger partial charge on any atom is 0.142 e. The fourth-order valence-corrected chi connectivity index (χ4v) is 11.4. The Kier molecular flexibility index (Phi) is 9.67. The lowest BCUT2D eigenvalue weighted by Crippen LogP contribution is -2.11. The normalized spacial score (nSPS) is 12.3. The van der Waals surface area contributed by atoms with Gasteiger partial charge in [-0.1, -0.05) is 194 Å². The second kappa shape index (κ2) is 16.8. The second-order valence-corrected chi connectivity index (χ2v) is 18.7. The molecule has 0 saturated carbocycles. The average Bonchev–Trinajstić information content (AvgIpc) is 4.00. The Balaban J connectivity index is 0.882. The van der Waals surface area contributed by atoms with Gasteiger partial charge in [-0.25, -0.2) is 0 Å². The molecule has 2 heterocycles. The minimum Gasteiger partial charge on any atom is -0.456 e. The van der Waals surface area contributed by atoms with Crippen molar-refractivity contribution in [3.63, 3.8) is 0 Å². The van der Waals surface area contributed by atoms with Gasteiger partial charge in [0.1, 0.15) is 11.3 Å². The quantitative estimate of drug-likeness (QED) is 0.142. The van der Waals surface area contributed by atoms with Crippen molar-refractivity contribution in [2.45, 2.75) is 12.8 Å². The minimum atomic E-state index is 0.946.